The lowest BCUT2D eigenvalue weighted by Crippen LogP contribution is -1.92. The second-order valence-corrected chi connectivity index (χ2v) is 4.33. The van der Waals surface area contributed by atoms with Crippen molar-refractivity contribution in [3.63, 3.8) is 0 Å². The summed E-state index contributed by atoms with van der Waals surface area (Å²) >= 11 is 5.82. The van der Waals surface area contributed by atoms with Crippen LogP contribution in [0.3, 0.4) is 0 Å². The summed E-state index contributed by atoms with van der Waals surface area (Å²) in [6.45, 7) is 1.79. The molecule has 0 spiro atoms. The number of alkyl halides is 1. The Labute approximate surface area is 82.7 Å². The van der Waals surface area contributed by atoms with Gasteiger partial charge >= 0.3 is 0 Å². The molecule has 1 unspecified atom stereocenters. The van der Waals surface area contributed by atoms with Gasteiger partial charge in [-0.25, -0.2) is 4.39 Å². The average Bonchev–Trinajstić information content (AvgIpc) is 2.85. The zero-order chi connectivity index (χ0) is 9.42. The van der Waals surface area contributed by atoms with E-state index in [4.69, 9.17) is 11.6 Å². The van der Waals surface area contributed by atoms with Crippen molar-refractivity contribution in [2.24, 2.45) is 0 Å². The highest BCUT2D eigenvalue weighted by Crippen LogP contribution is 2.40. The summed E-state index contributed by atoms with van der Waals surface area (Å²) in [5.74, 6) is 0.445. The van der Waals surface area contributed by atoms with E-state index >= 15 is 0 Å². The highest BCUT2D eigenvalue weighted by atomic mass is 35.5. The van der Waals surface area contributed by atoms with Crippen LogP contribution in [0.2, 0.25) is 0 Å². The number of rotatable bonds is 2. The SMILES string of the molecule is CC(Cl)c1ccc(C2CC2)cc1F. The van der Waals surface area contributed by atoms with E-state index in [1.54, 1.807) is 19.1 Å². The van der Waals surface area contributed by atoms with Crippen LogP contribution in [0, 0.1) is 5.82 Å². The maximum Gasteiger partial charge on any atom is 0.128 e. The van der Waals surface area contributed by atoms with E-state index in [0.717, 1.165) is 5.56 Å². The van der Waals surface area contributed by atoms with Gasteiger partial charge in [-0.05, 0) is 37.3 Å². The zero-order valence-electron chi connectivity index (χ0n) is 7.56. The third-order valence-corrected chi connectivity index (χ3v) is 2.74. The topological polar surface area (TPSA) is 0 Å². The average molecular weight is 199 g/mol. The van der Waals surface area contributed by atoms with Gasteiger partial charge in [-0.3, -0.25) is 0 Å². The Morgan fingerprint density at radius 3 is 2.62 bits per heavy atom. The maximum atomic E-state index is 13.4. The number of hydrogen-bond donors (Lipinski definition) is 0. The van der Waals surface area contributed by atoms with Gasteiger partial charge in [-0.15, -0.1) is 11.6 Å². The Bertz CT molecular complexity index is 316. The fraction of sp³-hybridized carbons (Fsp3) is 0.455. The Morgan fingerprint density at radius 1 is 1.46 bits per heavy atom. The first-order valence-corrected chi connectivity index (χ1v) is 5.05. The summed E-state index contributed by atoms with van der Waals surface area (Å²) in [6, 6.07) is 5.43. The second-order valence-electron chi connectivity index (χ2n) is 3.67. The zero-order valence-corrected chi connectivity index (χ0v) is 8.31. The number of benzene rings is 1. The molecule has 1 atom stereocenters. The van der Waals surface area contributed by atoms with Crippen LogP contribution in [0.15, 0.2) is 18.2 Å². The van der Waals surface area contributed by atoms with Crippen molar-refractivity contribution in [3.8, 4) is 0 Å². The molecule has 0 nitrogen and oxygen atoms in total. The third kappa shape index (κ3) is 1.86. The van der Waals surface area contributed by atoms with Crippen molar-refractivity contribution in [2.45, 2.75) is 31.1 Å². The molecule has 13 heavy (non-hydrogen) atoms. The maximum absolute atomic E-state index is 13.4. The standard InChI is InChI=1S/C11H12ClF/c1-7(12)10-5-4-9(6-11(10)13)8-2-3-8/h4-8H,2-3H2,1H3. The van der Waals surface area contributed by atoms with Gasteiger partial charge in [0.2, 0.25) is 0 Å². The third-order valence-electron chi connectivity index (χ3n) is 2.50. The summed E-state index contributed by atoms with van der Waals surface area (Å²) in [5, 5.41) is -0.242. The van der Waals surface area contributed by atoms with Crippen LogP contribution < -0.4 is 0 Å². The lowest BCUT2D eigenvalue weighted by Gasteiger charge is -2.06. The second kappa shape index (κ2) is 3.30. The molecule has 1 aromatic carbocycles. The van der Waals surface area contributed by atoms with Crippen molar-refractivity contribution in [1.29, 1.82) is 0 Å². The normalized spacial score (nSPS) is 18.7. The van der Waals surface area contributed by atoms with Gasteiger partial charge in [0.1, 0.15) is 5.82 Å². The predicted octanol–water partition coefficient (Wildman–Crippen LogP) is 4.00. The van der Waals surface area contributed by atoms with Gasteiger partial charge < -0.3 is 0 Å². The molecule has 2 rings (SSSR count). The van der Waals surface area contributed by atoms with E-state index in [1.165, 1.54) is 12.8 Å². The van der Waals surface area contributed by atoms with Crippen molar-refractivity contribution in [2.75, 3.05) is 0 Å². The van der Waals surface area contributed by atoms with Gasteiger partial charge in [0.05, 0.1) is 5.38 Å². The first-order chi connectivity index (χ1) is 6.18. The van der Waals surface area contributed by atoms with Gasteiger partial charge in [-0.2, -0.15) is 0 Å². The molecule has 1 aliphatic rings. The molecular formula is C11H12ClF. The minimum absolute atomic E-state index is 0.160. The lowest BCUT2D eigenvalue weighted by atomic mass is 10.1. The van der Waals surface area contributed by atoms with Crippen LogP contribution in [0.4, 0.5) is 4.39 Å². The molecule has 70 valence electrons. The van der Waals surface area contributed by atoms with Crippen LogP contribution in [0.1, 0.15) is 42.2 Å². The molecular weight excluding hydrogens is 187 g/mol. The highest BCUT2D eigenvalue weighted by molar-refractivity contribution is 6.20. The van der Waals surface area contributed by atoms with E-state index in [1.807, 2.05) is 6.07 Å². The molecule has 0 radical (unpaired) electrons. The summed E-state index contributed by atoms with van der Waals surface area (Å²) in [5.41, 5.74) is 1.73. The van der Waals surface area contributed by atoms with E-state index < -0.39 is 0 Å². The van der Waals surface area contributed by atoms with Gasteiger partial charge in [0.25, 0.3) is 0 Å². The van der Waals surface area contributed by atoms with Crippen molar-refractivity contribution in [1.82, 2.24) is 0 Å². The van der Waals surface area contributed by atoms with E-state index in [2.05, 4.69) is 0 Å². The van der Waals surface area contributed by atoms with E-state index in [-0.39, 0.29) is 11.2 Å². The molecule has 2 heteroatoms. The van der Waals surface area contributed by atoms with Gasteiger partial charge in [0, 0.05) is 5.56 Å². The number of hydrogen-bond acceptors (Lipinski definition) is 0. The summed E-state index contributed by atoms with van der Waals surface area (Å²) in [6.07, 6.45) is 2.41. The quantitative estimate of drug-likeness (QED) is 0.630. The van der Waals surface area contributed by atoms with Crippen LogP contribution >= 0.6 is 11.6 Å². The Hall–Kier alpha value is -0.560. The van der Waals surface area contributed by atoms with Crippen molar-refractivity contribution in [3.05, 3.63) is 35.1 Å². The Balaban J connectivity index is 2.31. The molecule has 0 aliphatic heterocycles. The fourth-order valence-corrected chi connectivity index (χ4v) is 1.71. The van der Waals surface area contributed by atoms with Crippen LogP contribution in [-0.4, -0.2) is 0 Å². The Kier molecular flexibility index (Phi) is 2.29. The molecule has 1 saturated carbocycles. The van der Waals surface area contributed by atoms with E-state index in [9.17, 15) is 4.39 Å². The first-order valence-electron chi connectivity index (χ1n) is 4.62. The molecule has 1 fully saturated rings. The van der Waals surface area contributed by atoms with Crippen molar-refractivity contribution >= 4 is 11.6 Å². The largest absolute Gasteiger partial charge is 0.207 e. The summed E-state index contributed by atoms with van der Waals surface area (Å²) < 4.78 is 13.4. The number of halogens is 2. The van der Waals surface area contributed by atoms with Crippen LogP contribution in [-0.2, 0) is 0 Å². The molecule has 0 bridgehead atoms. The minimum atomic E-state index is -0.242. The minimum Gasteiger partial charge on any atom is -0.207 e. The van der Waals surface area contributed by atoms with Crippen LogP contribution in [0.5, 0.6) is 0 Å². The highest BCUT2D eigenvalue weighted by Gasteiger charge is 2.24. The van der Waals surface area contributed by atoms with Gasteiger partial charge in [0.15, 0.2) is 0 Å². The predicted molar refractivity (Wildman–Crippen MR) is 52.6 cm³/mol. The molecule has 1 aliphatic carbocycles. The molecule has 0 amide bonds. The fourth-order valence-electron chi connectivity index (χ4n) is 1.54. The molecule has 0 saturated heterocycles. The molecule has 1 aromatic rings. The smallest absolute Gasteiger partial charge is 0.128 e. The monoisotopic (exact) mass is 198 g/mol. The summed E-state index contributed by atoms with van der Waals surface area (Å²) in [7, 11) is 0. The lowest BCUT2D eigenvalue weighted by molar-refractivity contribution is 0.608. The molecule has 0 aromatic heterocycles. The van der Waals surface area contributed by atoms with Crippen LogP contribution in [0.25, 0.3) is 0 Å². The molecule has 0 heterocycles. The van der Waals surface area contributed by atoms with Crippen molar-refractivity contribution < 1.29 is 4.39 Å². The van der Waals surface area contributed by atoms with E-state index in [0.29, 0.717) is 11.5 Å². The summed E-state index contributed by atoms with van der Waals surface area (Å²) in [4.78, 5) is 0. The first kappa shape index (κ1) is 9.01. The van der Waals surface area contributed by atoms with Gasteiger partial charge in [-0.1, -0.05) is 12.1 Å². The molecule has 0 N–H and O–H groups in total. The Morgan fingerprint density at radius 2 is 2.15 bits per heavy atom.